The molecule has 16 heavy (non-hydrogen) atoms. The van der Waals surface area contributed by atoms with E-state index in [-0.39, 0.29) is 6.61 Å². The molecule has 0 amide bonds. The Bertz CT molecular complexity index is 311. The molecule has 0 saturated carbocycles. The van der Waals surface area contributed by atoms with Crippen molar-refractivity contribution in [3.8, 4) is 0 Å². The second-order valence-electron chi connectivity index (χ2n) is 4.59. The Hall–Kier alpha value is -0.530. The molecular formula is C14H21ClO. The molecule has 0 aliphatic carbocycles. The standard InChI is InChI=1S/C14H21ClO/c1-3-11(2)8-12(10-16)9-13-6-4-5-7-14(13)15/h4-7,11-12,16H,3,8-10H2,1-2H3. The molecule has 0 aromatic heterocycles. The molecule has 0 heterocycles. The minimum Gasteiger partial charge on any atom is -0.396 e. The van der Waals surface area contributed by atoms with Gasteiger partial charge in [-0.15, -0.1) is 0 Å². The first-order valence-electron chi connectivity index (χ1n) is 6.01. The lowest BCUT2D eigenvalue weighted by Gasteiger charge is -2.18. The lowest BCUT2D eigenvalue weighted by molar-refractivity contribution is 0.201. The van der Waals surface area contributed by atoms with Crippen LogP contribution in [0.3, 0.4) is 0 Å². The number of rotatable bonds is 6. The van der Waals surface area contributed by atoms with E-state index in [1.54, 1.807) is 0 Å². The Morgan fingerprint density at radius 3 is 2.56 bits per heavy atom. The summed E-state index contributed by atoms with van der Waals surface area (Å²) in [6.45, 7) is 4.67. The zero-order chi connectivity index (χ0) is 12.0. The Morgan fingerprint density at radius 1 is 1.31 bits per heavy atom. The summed E-state index contributed by atoms with van der Waals surface area (Å²) in [6.07, 6.45) is 3.11. The average Bonchev–Trinajstić information content (AvgIpc) is 2.30. The second kappa shape index (κ2) is 6.93. The third-order valence-electron chi connectivity index (χ3n) is 3.16. The SMILES string of the molecule is CCC(C)CC(CO)Cc1ccccc1Cl. The molecule has 1 N–H and O–H groups in total. The monoisotopic (exact) mass is 240 g/mol. The summed E-state index contributed by atoms with van der Waals surface area (Å²) in [5.74, 6) is 0.995. The van der Waals surface area contributed by atoms with Crippen LogP contribution in [-0.4, -0.2) is 11.7 Å². The largest absolute Gasteiger partial charge is 0.396 e. The van der Waals surface area contributed by atoms with Gasteiger partial charge in [-0.25, -0.2) is 0 Å². The highest BCUT2D eigenvalue weighted by Crippen LogP contribution is 2.23. The van der Waals surface area contributed by atoms with E-state index in [9.17, 15) is 5.11 Å². The van der Waals surface area contributed by atoms with Crippen molar-refractivity contribution in [2.24, 2.45) is 11.8 Å². The van der Waals surface area contributed by atoms with E-state index < -0.39 is 0 Å². The lowest BCUT2D eigenvalue weighted by Crippen LogP contribution is -2.13. The van der Waals surface area contributed by atoms with Crippen LogP contribution in [0.2, 0.25) is 5.02 Å². The van der Waals surface area contributed by atoms with Gasteiger partial charge < -0.3 is 5.11 Å². The van der Waals surface area contributed by atoms with Gasteiger partial charge in [0.25, 0.3) is 0 Å². The van der Waals surface area contributed by atoms with Gasteiger partial charge in [0.15, 0.2) is 0 Å². The van der Waals surface area contributed by atoms with Crippen molar-refractivity contribution in [2.75, 3.05) is 6.61 Å². The van der Waals surface area contributed by atoms with Crippen molar-refractivity contribution < 1.29 is 5.11 Å². The van der Waals surface area contributed by atoms with Crippen molar-refractivity contribution >= 4 is 11.6 Å². The summed E-state index contributed by atoms with van der Waals surface area (Å²) in [7, 11) is 0. The summed E-state index contributed by atoms with van der Waals surface area (Å²) in [6, 6.07) is 7.89. The summed E-state index contributed by atoms with van der Waals surface area (Å²) < 4.78 is 0. The van der Waals surface area contributed by atoms with Crippen LogP contribution in [-0.2, 0) is 6.42 Å². The van der Waals surface area contributed by atoms with Gasteiger partial charge in [-0.3, -0.25) is 0 Å². The second-order valence-corrected chi connectivity index (χ2v) is 5.00. The number of halogens is 1. The molecule has 0 aliphatic rings. The third-order valence-corrected chi connectivity index (χ3v) is 3.53. The molecule has 1 aromatic rings. The summed E-state index contributed by atoms with van der Waals surface area (Å²) in [4.78, 5) is 0. The molecule has 2 unspecified atom stereocenters. The molecule has 0 bridgehead atoms. The first-order valence-corrected chi connectivity index (χ1v) is 6.39. The highest BCUT2D eigenvalue weighted by molar-refractivity contribution is 6.31. The van der Waals surface area contributed by atoms with E-state index in [1.807, 2.05) is 24.3 Å². The highest BCUT2D eigenvalue weighted by atomic mass is 35.5. The van der Waals surface area contributed by atoms with Crippen LogP contribution in [0.15, 0.2) is 24.3 Å². The van der Waals surface area contributed by atoms with Gasteiger partial charge in [-0.1, -0.05) is 50.1 Å². The zero-order valence-electron chi connectivity index (χ0n) is 10.1. The maximum absolute atomic E-state index is 9.38. The van der Waals surface area contributed by atoms with Crippen LogP contribution in [0, 0.1) is 11.8 Å². The van der Waals surface area contributed by atoms with Gasteiger partial charge >= 0.3 is 0 Å². The number of aliphatic hydroxyl groups excluding tert-OH is 1. The molecular weight excluding hydrogens is 220 g/mol. The summed E-state index contributed by atoms with van der Waals surface area (Å²) in [5, 5.41) is 10.2. The Balaban J connectivity index is 2.60. The molecule has 1 aromatic carbocycles. The average molecular weight is 241 g/mol. The molecule has 2 atom stereocenters. The number of hydrogen-bond donors (Lipinski definition) is 1. The van der Waals surface area contributed by atoms with Crippen LogP contribution in [0.5, 0.6) is 0 Å². The molecule has 90 valence electrons. The molecule has 0 aliphatic heterocycles. The fraction of sp³-hybridized carbons (Fsp3) is 0.571. The van der Waals surface area contributed by atoms with Crippen LogP contribution < -0.4 is 0 Å². The van der Waals surface area contributed by atoms with Crippen molar-refractivity contribution in [2.45, 2.75) is 33.1 Å². The van der Waals surface area contributed by atoms with E-state index in [2.05, 4.69) is 13.8 Å². The smallest absolute Gasteiger partial charge is 0.0462 e. The van der Waals surface area contributed by atoms with Gasteiger partial charge in [-0.2, -0.15) is 0 Å². The predicted molar refractivity (Wildman–Crippen MR) is 69.8 cm³/mol. The van der Waals surface area contributed by atoms with Crippen LogP contribution in [0.1, 0.15) is 32.3 Å². The van der Waals surface area contributed by atoms with Crippen molar-refractivity contribution in [1.82, 2.24) is 0 Å². The number of aliphatic hydroxyl groups is 1. The van der Waals surface area contributed by atoms with Gasteiger partial charge in [0.1, 0.15) is 0 Å². The van der Waals surface area contributed by atoms with Gasteiger partial charge in [-0.05, 0) is 36.3 Å². The van der Waals surface area contributed by atoms with E-state index in [4.69, 9.17) is 11.6 Å². The normalized spacial score (nSPS) is 14.8. The fourth-order valence-corrected chi connectivity index (χ4v) is 2.15. The minimum atomic E-state index is 0.246. The Labute approximate surface area is 103 Å². The molecule has 1 rings (SSSR count). The highest BCUT2D eigenvalue weighted by Gasteiger charge is 2.13. The predicted octanol–water partition coefficient (Wildman–Crippen LogP) is 3.93. The van der Waals surface area contributed by atoms with Gasteiger partial charge in [0, 0.05) is 11.6 Å². The Morgan fingerprint density at radius 2 is 2.00 bits per heavy atom. The van der Waals surface area contributed by atoms with Crippen LogP contribution in [0.25, 0.3) is 0 Å². The minimum absolute atomic E-state index is 0.246. The topological polar surface area (TPSA) is 20.2 Å². The first kappa shape index (κ1) is 13.5. The van der Waals surface area contributed by atoms with Crippen molar-refractivity contribution in [3.63, 3.8) is 0 Å². The van der Waals surface area contributed by atoms with Crippen molar-refractivity contribution in [3.05, 3.63) is 34.9 Å². The molecule has 0 fully saturated rings. The van der Waals surface area contributed by atoms with E-state index >= 15 is 0 Å². The van der Waals surface area contributed by atoms with Crippen molar-refractivity contribution in [1.29, 1.82) is 0 Å². The third kappa shape index (κ3) is 4.15. The van der Waals surface area contributed by atoms with Gasteiger partial charge in [0.05, 0.1) is 0 Å². The fourth-order valence-electron chi connectivity index (χ4n) is 1.93. The summed E-state index contributed by atoms with van der Waals surface area (Å²) >= 11 is 6.11. The molecule has 0 saturated heterocycles. The molecule has 0 spiro atoms. The zero-order valence-corrected chi connectivity index (χ0v) is 10.9. The number of benzene rings is 1. The van der Waals surface area contributed by atoms with Gasteiger partial charge in [0.2, 0.25) is 0 Å². The summed E-state index contributed by atoms with van der Waals surface area (Å²) in [5.41, 5.74) is 1.14. The quantitative estimate of drug-likeness (QED) is 0.799. The molecule has 0 radical (unpaired) electrons. The van der Waals surface area contributed by atoms with E-state index in [0.717, 1.165) is 23.4 Å². The molecule has 2 heteroatoms. The first-order chi connectivity index (χ1) is 7.67. The van der Waals surface area contributed by atoms with E-state index in [0.29, 0.717) is 11.8 Å². The maximum Gasteiger partial charge on any atom is 0.0462 e. The van der Waals surface area contributed by atoms with Crippen LogP contribution >= 0.6 is 11.6 Å². The molecule has 1 nitrogen and oxygen atoms in total. The van der Waals surface area contributed by atoms with E-state index in [1.165, 1.54) is 6.42 Å². The lowest BCUT2D eigenvalue weighted by atomic mass is 9.89. The maximum atomic E-state index is 9.38. The van der Waals surface area contributed by atoms with Crippen LogP contribution in [0.4, 0.5) is 0 Å². The Kier molecular flexibility index (Phi) is 5.86. The number of hydrogen-bond acceptors (Lipinski definition) is 1.